The van der Waals surface area contributed by atoms with Crippen LogP contribution in [0.3, 0.4) is 0 Å². The van der Waals surface area contributed by atoms with E-state index < -0.39 is 22.0 Å². The highest BCUT2D eigenvalue weighted by Crippen LogP contribution is 2.38. The summed E-state index contributed by atoms with van der Waals surface area (Å²) in [4.78, 5) is 13.0. The van der Waals surface area contributed by atoms with Gasteiger partial charge in [-0.25, -0.2) is 8.42 Å². The number of sulfonamides is 1. The first kappa shape index (κ1) is 23.2. The number of benzene rings is 2. The molecule has 1 heterocycles. The van der Waals surface area contributed by atoms with Crippen molar-refractivity contribution < 1.29 is 22.7 Å². The normalized spacial score (nSPS) is 13.5. The second-order valence-corrected chi connectivity index (χ2v) is 9.53. The summed E-state index contributed by atoms with van der Waals surface area (Å²) < 4.78 is 47.2. The van der Waals surface area contributed by atoms with E-state index in [-0.39, 0.29) is 27.2 Å². The standard InChI is InChI=1S/C19H21ClN4O5S2/c1-10(2)17(19(25)21-13-8-11(20)14(28-3)9-15(13)29-4)24-31(26,27)16-7-5-6-12-18(16)23-30-22-12/h5-10,17,24H,1-4H3,(H,21,25)/t17-/m0/s1. The van der Waals surface area contributed by atoms with Gasteiger partial charge in [0.1, 0.15) is 33.8 Å². The van der Waals surface area contributed by atoms with Gasteiger partial charge >= 0.3 is 0 Å². The first-order chi connectivity index (χ1) is 14.7. The first-order valence-electron chi connectivity index (χ1n) is 9.14. The summed E-state index contributed by atoms with van der Waals surface area (Å²) in [6, 6.07) is 6.61. The van der Waals surface area contributed by atoms with Crippen LogP contribution in [0.5, 0.6) is 11.5 Å². The second-order valence-electron chi connectivity index (χ2n) is 6.91. The number of methoxy groups -OCH3 is 2. The quantitative estimate of drug-likeness (QED) is 0.500. The van der Waals surface area contributed by atoms with Crippen LogP contribution in [0.15, 0.2) is 44.0 Å². The molecule has 0 bridgehead atoms. The van der Waals surface area contributed by atoms with Gasteiger partial charge < -0.3 is 14.8 Å². The fourth-order valence-corrected chi connectivity index (χ4v) is 5.24. The lowest BCUT2D eigenvalue weighted by molar-refractivity contribution is -0.118. The molecular weight excluding hydrogens is 464 g/mol. The minimum absolute atomic E-state index is 0.0396. The zero-order valence-corrected chi connectivity index (χ0v) is 19.6. The highest BCUT2D eigenvalue weighted by atomic mass is 35.5. The van der Waals surface area contributed by atoms with Crippen LogP contribution < -0.4 is 19.5 Å². The summed E-state index contributed by atoms with van der Waals surface area (Å²) in [6.07, 6.45) is 0. The fourth-order valence-electron chi connectivity index (χ4n) is 2.89. The number of rotatable bonds is 8. The number of fused-ring (bicyclic) bond motifs is 1. The molecule has 0 fully saturated rings. The van der Waals surface area contributed by atoms with E-state index in [4.69, 9.17) is 21.1 Å². The van der Waals surface area contributed by atoms with Crippen molar-refractivity contribution in [1.29, 1.82) is 0 Å². The maximum absolute atomic E-state index is 13.1. The predicted molar refractivity (Wildman–Crippen MR) is 120 cm³/mol. The highest BCUT2D eigenvalue weighted by molar-refractivity contribution is 7.89. The molecule has 0 spiro atoms. The zero-order chi connectivity index (χ0) is 22.8. The van der Waals surface area contributed by atoms with Crippen LogP contribution in [0, 0.1) is 5.92 Å². The number of nitrogens with one attached hydrogen (secondary N) is 2. The maximum Gasteiger partial charge on any atom is 0.243 e. The van der Waals surface area contributed by atoms with Gasteiger partial charge in [0.05, 0.1) is 36.3 Å². The van der Waals surface area contributed by atoms with E-state index in [0.29, 0.717) is 17.2 Å². The molecule has 0 unspecified atom stereocenters. The lowest BCUT2D eigenvalue weighted by Gasteiger charge is -2.23. The SMILES string of the molecule is COc1cc(OC)c(NC(=O)[C@@H](NS(=O)(=O)c2cccc3c2N=S=N3)C(C)C)cc1Cl. The van der Waals surface area contributed by atoms with Crippen LogP contribution in [0.4, 0.5) is 17.1 Å². The second kappa shape index (κ2) is 9.35. The van der Waals surface area contributed by atoms with Gasteiger partial charge in [0.15, 0.2) is 0 Å². The molecule has 0 aliphatic carbocycles. The average Bonchev–Trinajstić information content (AvgIpc) is 3.20. The number of anilines is 1. The molecule has 0 radical (unpaired) electrons. The maximum atomic E-state index is 13.1. The van der Waals surface area contributed by atoms with E-state index in [1.165, 1.54) is 32.4 Å². The zero-order valence-electron chi connectivity index (χ0n) is 17.2. The molecule has 9 nitrogen and oxygen atoms in total. The van der Waals surface area contributed by atoms with Crippen molar-refractivity contribution in [2.75, 3.05) is 19.5 Å². The Kier molecular flexibility index (Phi) is 6.99. The summed E-state index contributed by atoms with van der Waals surface area (Å²) in [5.74, 6) is -0.232. The minimum atomic E-state index is -4.06. The van der Waals surface area contributed by atoms with Crippen molar-refractivity contribution in [2.24, 2.45) is 14.6 Å². The van der Waals surface area contributed by atoms with Gasteiger partial charge in [0.25, 0.3) is 0 Å². The number of hydrogen-bond donors (Lipinski definition) is 2. The molecule has 0 saturated carbocycles. The van der Waals surface area contributed by atoms with E-state index in [1.807, 2.05) is 0 Å². The van der Waals surface area contributed by atoms with Crippen molar-refractivity contribution in [3.05, 3.63) is 35.4 Å². The van der Waals surface area contributed by atoms with Crippen LogP contribution in [0.2, 0.25) is 5.02 Å². The molecule has 0 saturated heterocycles. The van der Waals surface area contributed by atoms with Gasteiger partial charge in [0, 0.05) is 6.07 Å². The highest BCUT2D eigenvalue weighted by Gasteiger charge is 2.31. The fraction of sp³-hybridized carbons (Fsp3) is 0.316. The monoisotopic (exact) mass is 484 g/mol. The first-order valence-corrected chi connectivity index (χ1v) is 11.7. The van der Waals surface area contributed by atoms with Crippen LogP contribution in [0.25, 0.3) is 0 Å². The van der Waals surface area contributed by atoms with Crippen LogP contribution in [-0.4, -0.2) is 34.6 Å². The number of ether oxygens (including phenoxy) is 2. The molecule has 0 aromatic heterocycles. The van der Waals surface area contributed by atoms with Gasteiger partial charge in [-0.05, 0) is 24.1 Å². The Morgan fingerprint density at radius 1 is 1.13 bits per heavy atom. The van der Waals surface area contributed by atoms with Crippen molar-refractivity contribution in [3.63, 3.8) is 0 Å². The minimum Gasteiger partial charge on any atom is -0.495 e. The van der Waals surface area contributed by atoms with Crippen molar-refractivity contribution in [2.45, 2.75) is 24.8 Å². The van der Waals surface area contributed by atoms with E-state index in [1.54, 1.807) is 26.0 Å². The molecular formula is C19H21ClN4O5S2. The molecule has 31 heavy (non-hydrogen) atoms. The Hall–Kier alpha value is -2.47. The van der Waals surface area contributed by atoms with E-state index >= 15 is 0 Å². The molecule has 2 aromatic rings. The van der Waals surface area contributed by atoms with Gasteiger partial charge in [0.2, 0.25) is 15.9 Å². The van der Waals surface area contributed by atoms with E-state index in [2.05, 4.69) is 18.8 Å². The van der Waals surface area contributed by atoms with Crippen LogP contribution in [0.1, 0.15) is 13.8 Å². The molecule has 1 amide bonds. The topological polar surface area (TPSA) is 118 Å². The summed E-state index contributed by atoms with van der Waals surface area (Å²) >= 11 is 7.08. The number of hydrogen-bond acceptors (Lipinski definition) is 7. The number of carbonyl (C=O) groups excluding carboxylic acids is 1. The summed E-state index contributed by atoms with van der Waals surface area (Å²) in [5.41, 5.74) is 1.01. The third-order valence-electron chi connectivity index (χ3n) is 4.50. The van der Waals surface area contributed by atoms with Crippen molar-refractivity contribution >= 4 is 55.9 Å². The Morgan fingerprint density at radius 3 is 2.48 bits per heavy atom. The van der Waals surface area contributed by atoms with Crippen LogP contribution >= 0.6 is 11.6 Å². The molecule has 1 aliphatic rings. The summed E-state index contributed by atoms with van der Waals surface area (Å²) in [7, 11) is -1.16. The Balaban J connectivity index is 1.88. The van der Waals surface area contributed by atoms with Crippen molar-refractivity contribution in [3.8, 4) is 11.5 Å². The molecule has 3 rings (SSSR count). The van der Waals surface area contributed by atoms with Gasteiger partial charge in [-0.2, -0.15) is 13.4 Å². The average molecular weight is 485 g/mol. The summed E-state index contributed by atoms with van der Waals surface area (Å²) in [5, 5.41) is 2.95. The molecule has 1 atom stereocenters. The third kappa shape index (κ3) is 4.90. The lowest BCUT2D eigenvalue weighted by atomic mass is 10.0. The third-order valence-corrected chi connectivity index (χ3v) is 6.81. The Labute approximate surface area is 189 Å². The molecule has 2 aromatic carbocycles. The molecule has 166 valence electrons. The number of carbonyl (C=O) groups is 1. The van der Waals surface area contributed by atoms with Crippen molar-refractivity contribution in [1.82, 2.24) is 4.72 Å². The van der Waals surface area contributed by atoms with Gasteiger partial charge in [-0.3, -0.25) is 4.79 Å². The Morgan fingerprint density at radius 2 is 1.84 bits per heavy atom. The predicted octanol–water partition coefficient (Wildman–Crippen LogP) is 4.03. The largest absolute Gasteiger partial charge is 0.495 e. The lowest BCUT2D eigenvalue weighted by Crippen LogP contribution is -2.47. The van der Waals surface area contributed by atoms with Crippen LogP contribution in [-0.2, 0) is 26.2 Å². The number of amides is 1. The number of halogens is 1. The van der Waals surface area contributed by atoms with E-state index in [0.717, 1.165) is 11.4 Å². The Bertz CT molecular complexity index is 1190. The van der Waals surface area contributed by atoms with E-state index in [9.17, 15) is 13.2 Å². The molecule has 1 aliphatic heterocycles. The summed E-state index contributed by atoms with van der Waals surface area (Å²) in [6.45, 7) is 3.46. The number of nitrogens with zero attached hydrogens (tertiary/aromatic N) is 2. The van der Waals surface area contributed by atoms with Gasteiger partial charge in [-0.1, -0.05) is 31.5 Å². The van der Waals surface area contributed by atoms with Gasteiger partial charge in [-0.15, -0.1) is 0 Å². The smallest absolute Gasteiger partial charge is 0.243 e. The molecule has 2 N–H and O–H groups in total. The molecule has 12 heteroatoms.